The maximum Gasteiger partial charge on any atom is 0.287 e. The van der Waals surface area contributed by atoms with Crippen molar-refractivity contribution in [2.24, 2.45) is 0 Å². The molecule has 0 spiro atoms. The lowest BCUT2D eigenvalue weighted by atomic mass is 10.0. The van der Waals surface area contributed by atoms with Gasteiger partial charge in [-0.05, 0) is 61.8 Å². The predicted molar refractivity (Wildman–Crippen MR) is 119 cm³/mol. The number of halogens is 2. The molecule has 0 radical (unpaired) electrons. The molecule has 2 heterocycles. The van der Waals surface area contributed by atoms with Crippen LogP contribution in [0.1, 0.15) is 41.4 Å². The fourth-order valence-corrected chi connectivity index (χ4v) is 4.19. The standard InChI is InChI=1S/C23H22Cl2N2O3/c24-16-6-4-15(5-7-16)19(27-10-2-1-3-11-27)14-26-23(29)22-13-20(28)18-12-17(25)8-9-21(18)30-22/h4-9,12-13,19H,1-3,10-11,14H2,(H,26,29)/t19-/m0/s1. The number of carbonyl (C=O) groups excluding carboxylic acids is 1. The molecular formula is C23H22Cl2N2O3. The van der Waals surface area contributed by atoms with Crippen molar-refractivity contribution >= 4 is 40.1 Å². The van der Waals surface area contributed by atoms with E-state index in [1.807, 2.05) is 24.3 Å². The number of likely N-dealkylation sites (tertiary alicyclic amines) is 1. The number of rotatable bonds is 5. The maximum atomic E-state index is 12.8. The number of nitrogens with one attached hydrogen (secondary N) is 1. The van der Waals surface area contributed by atoms with Gasteiger partial charge in [0.15, 0.2) is 11.2 Å². The van der Waals surface area contributed by atoms with E-state index >= 15 is 0 Å². The quantitative estimate of drug-likeness (QED) is 0.597. The molecule has 1 amide bonds. The van der Waals surface area contributed by atoms with Crippen molar-refractivity contribution < 1.29 is 9.21 Å². The number of nitrogens with zero attached hydrogens (tertiary/aromatic N) is 1. The number of carbonyl (C=O) groups is 1. The van der Waals surface area contributed by atoms with Crippen LogP contribution in [0.3, 0.4) is 0 Å². The summed E-state index contributed by atoms with van der Waals surface area (Å²) >= 11 is 12.0. The molecule has 1 atom stereocenters. The number of amides is 1. The normalized spacial score (nSPS) is 15.8. The topological polar surface area (TPSA) is 62.6 Å². The van der Waals surface area contributed by atoms with E-state index in [0.29, 0.717) is 27.6 Å². The van der Waals surface area contributed by atoms with E-state index in [1.165, 1.54) is 18.6 Å². The average molecular weight is 445 g/mol. The molecule has 4 rings (SSSR count). The highest BCUT2D eigenvalue weighted by Crippen LogP contribution is 2.25. The van der Waals surface area contributed by atoms with Crippen LogP contribution < -0.4 is 10.7 Å². The van der Waals surface area contributed by atoms with E-state index in [9.17, 15) is 9.59 Å². The Kier molecular flexibility index (Phi) is 6.42. The Morgan fingerprint density at radius 3 is 2.43 bits per heavy atom. The molecule has 0 saturated carbocycles. The van der Waals surface area contributed by atoms with Crippen molar-refractivity contribution in [2.75, 3.05) is 19.6 Å². The Morgan fingerprint density at radius 1 is 1.00 bits per heavy atom. The molecule has 3 aromatic rings. The summed E-state index contributed by atoms with van der Waals surface area (Å²) < 4.78 is 5.66. The molecule has 1 fully saturated rings. The molecule has 30 heavy (non-hydrogen) atoms. The third-order valence-corrected chi connectivity index (χ3v) is 5.94. The van der Waals surface area contributed by atoms with Gasteiger partial charge >= 0.3 is 0 Å². The molecular weight excluding hydrogens is 423 g/mol. The average Bonchev–Trinajstić information content (AvgIpc) is 2.76. The Labute approximate surface area is 184 Å². The number of fused-ring (bicyclic) bond motifs is 1. The minimum Gasteiger partial charge on any atom is -0.451 e. The second kappa shape index (κ2) is 9.21. The van der Waals surface area contributed by atoms with Crippen molar-refractivity contribution in [3.63, 3.8) is 0 Å². The zero-order chi connectivity index (χ0) is 21.1. The zero-order valence-electron chi connectivity index (χ0n) is 16.4. The molecule has 1 aromatic heterocycles. The summed E-state index contributed by atoms with van der Waals surface area (Å²) in [4.78, 5) is 27.5. The monoisotopic (exact) mass is 444 g/mol. The fraction of sp³-hybridized carbons (Fsp3) is 0.304. The molecule has 1 aliphatic heterocycles. The molecule has 0 unspecified atom stereocenters. The van der Waals surface area contributed by atoms with Crippen LogP contribution >= 0.6 is 23.2 Å². The molecule has 1 saturated heterocycles. The first kappa shape index (κ1) is 20.9. The second-order valence-corrected chi connectivity index (χ2v) is 8.36. The maximum absolute atomic E-state index is 12.8. The first-order valence-electron chi connectivity index (χ1n) is 10.0. The lowest BCUT2D eigenvalue weighted by molar-refractivity contribution is 0.0897. The van der Waals surface area contributed by atoms with E-state index in [4.69, 9.17) is 27.6 Å². The fourth-order valence-electron chi connectivity index (χ4n) is 3.89. The highest BCUT2D eigenvalue weighted by atomic mass is 35.5. The van der Waals surface area contributed by atoms with Crippen molar-refractivity contribution in [3.8, 4) is 0 Å². The van der Waals surface area contributed by atoms with E-state index in [1.54, 1.807) is 12.1 Å². The molecule has 7 heteroatoms. The number of piperidine rings is 1. The number of benzene rings is 2. The van der Waals surface area contributed by atoms with E-state index in [2.05, 4.69) is 10.2 Å². The molecule has 156 valence electrons. The Bertz CT molecular complexity index is 1110. The minimum absolute atomic E-state index is 0.0108. The van der Waals surface area contributed by atoms with Gasteiger partial charge < -0.3 is 9.73 Å². The van der Waals surface area contributed by atoms with Crippen LogP contribution in [0.4, 0.5) is 0 Å². The molecule has 1 aliphatic rings. The smallest absolute Gasteiger partial charge is 0.287 e. The van der Waals surface area contributed by atoms with Gasteiger partial charge in [-0.1, -0.05) is 41.8 Å². The first-order valence-corrected chi connectivity index (χ1v) is 10.8. The summed E-state index contributed by atoms with van der Waals surface area (Å²) in [6, 6.07) is 13.7. The van der Waals surface area contributed by atoms with Crippen molar-refractivity contribution in [1.29, 1.82) is 0 Å². The van der Waals surface area contributed by atoms with Gasteiger partial charge in [0.25, 0.3) is 5.91 Å². The number of hydrogen-bond acceptors (Lipinski definition) is 4. The van der Waals surface area contributed by atoms with Gasteiger partial charge in [0, 0.05) is 22.7 Å². The van der Waals surface area contributed by atoms with Gasteiger partial charge in [-0.2, -0.15) is 0 Å². The largest absolute Gasteiger partial charge is 0.451 e. The minimum atomic E-state index is -0.417. The van der Waals surface area contributed by atoms with Gasteiger partial charge in [0.2, 0.25) is 0 Å². The molecule has 5 nitrogen and oxygen atoms in total. The molecule has 2 aromatic carbocycles. The van der Waals surface area contributed by atoms with Crippen LogP contribution in [0, 0.1) is 0 Å². The van der Waals surface area contributed by atoms with Crippen molar-refractivity contribution in [2.45, 2.75) is 25.3 Å². The molecule has 1 N–H and O–H groups in total. The van der Waals surface area contributed by atoms with Crippen LogP contribution in [0.5, 0.6) is 0 Å². The predicted octanol–water partition coefficient (Wildman–Crippen LogP) is 5.06. The van der Waals surface area contributed by atoms with Gasteiger partial charge in [-0.15, -0.1) is 0 Å². The Hall–Kier alpha value is -2.34. The van der Waals surface area contributed by atoms with Gasteiger partial charge in [-0.3, -0.25) is 14.5 Å². The third kappa shape index (κ3) is 4.69. The van der Waals surface area contributed by atoms with Crippen molar-refractivity contribution in [1.82, 2.24) is 10.2 Å². The Balaban J connectivity index is 1.55. The highest BCUT2D eigenvalue weighted by Gasteiger charge is 2.23. The van der Waals surface area contributed by atoms with Crippen LogP contribution in [0.25, 0.3) is 11.0 Å². The third-order valence-electron chi connectivity index (χ3n) is 5.46. The van der Waals surface area contributed by atoms with E-state index in [-0.39, 0.29) is 17.2 Å². The Morgan fingerprint density at radius 2 is 1.70 bits per heavy atom. The highest BCUT2D eigenvalue weighted by molar-refractivity contribution is 6.31. The lowest BCUT2D eigenvalue weighted by Crippen LogP contribution is -2.40. The van der Waals surface area contributed by atoms with E-state index < -0.39 is 5.91 Å². The van der Waals surface area contributed by atoms with Gasteiger partial charge in [0.1, 0.15) is 5.58 Å². The molecule has 0 bridgehead atoms. The summed E-state index contributed by atoms with van der Waals surface area (Å²) in [6.45, 7) is 2.37. The summed E-state index contributed by atoms with van der Waals surface area (Å²) in [7, 11) is 0. The van der Waals surface area contributed by atoms with Gasteiger partial charge in [0.05, 0.1) is 11.4 Å². The zero-order valence-corrected chi connectivity index (χ0v) is 17.9. The van der Waals surface area contributed by atoms with Crippen LogP contribution in [0.2, 0.25) is 10.0 Å². The molecule has 0 aliphatic carbocycles. The van der Waals surface area contributed by atoms with Crippen LogP contribution in [-0.4, -0.2) is 30.4 Å². The number of hydrogen-bond donors (Lipinski definition) is 1. The summed E-state index contributed by atoms with van der Waals surface area (Å²) in [6.07, 6.45) is 3.50. The lowest BCUT2D eigenvalue weighted by Gasteiger charge is -2.35. The summed E-state index contributed by atoms with van der Waals surface area (Å²) in [5.41, 5.74) is 1.13. The summed E-state index contributed by atoms with van der Waals surface area (Å²) in [5.74, 6) is -0.428. The second-order valence-electron chi connectivity index (χ2n) is 7.49. The summed E-state index contributed by atoms with van der Waals surface area (Å²) in [5, 5.41) is 4.42. The van der Waals surface area contributed by atoms with Gasteiger partial charge in [-0.25, -0.2) is 0 Å². The SMILES string of the molecule is O=C(NC[C@@H](c1ccc(Cl)cc1)N1CCCCC1)c1cc(=O)c2cc(Cl)ccc2o1. The first-order chi connectivity index (χ1) is 14.5. The van der Waals surface area contributed by atoms with E-state index in [0.717, 1.165) is 31.5 Å². The van der Waals surface area contributed by atoms with Crippen LogP contribution in [-0.2, 0) is 0 Å². The van der Waals surface area contributed by atoms with Crippen molar-refractivity contribution in [3.05, 3.63) is 80.1 Å². The van der Waals surface area contributed by atoms with Crippen LogP contribution in [0.15, 0.2) is 57.7 Å².